The monoisotopic (exact) mass is 365 g/mol. The van der Waals surface area contributed by atoms with Gasteiger partial charge in [-0.25, -0.2) is 17.6 Å². The first-order valence-corrected chi connectivity index (χ1v) is 9.09. The van der Waals surface area contributed by atoms with E-state index in [1.807, 2.05) is 0 Å². The lowest BCUT2D eigenvalue weighted by atomic mass is 10.2. The molecule has 0 aliphatic rings. The maximum atomic E-state index is 13.4. The molecular formula is C17H16FNO5S. The van der Waals surface area contributed by atoms with Crippen LogP contribution in [0, 0.1) is 12.7 Å². The number of benzene rings is 2. The normalized spacial score (nSPS) is 11.0. The number of sulfone groups is 1. The topological polar surface area (TPSA) is 89.5 Å². The van der Waals surface area contributed by atoms with Crippen molar-refractivity contribution in [3.63, 3.8) is 0 Å². The summed E-state index contributed by atoms with van der Waals surface area (Å²) in [5, 5.41) is 2.40. The van der Waals surface area contributed by atoms with E-state index in [9.17, 15) is 22.4 Å². The minimum Gasteiger partial charge on any atom is -0.452 e. The zero-order chi connectivity index (χ0) is 18.6. The van der Waals surface area contributed by atoms with E-state index in [1.165, 1.54) is 36.4 Å². The van der Waals surface area contributed by atoms with Gasteiger partial charge in [0.25, 0.3) is 5.91 Å². The Morgan fingerprint density at radius 3 is 2.52 bits per heavy atom. The molecule has 25 heavy (non-hydrogen) atoms. The quantitative estimate of drug-likeness (QED) is 0.822. The van der Waals surface area contributed by atoms with Gasteiger partial charge in [-0.3, -0.25) is 4.79 Å². The van der Waals surface area contributed by atoms with Gasteiger partial charge in [-0.05, 0) is 42.8 Å². The number of ether oxygens (including phenoxy) is 1. The van der Waals surface area contributed by atoms with Crippen LogP contribution in [0.3, 0.4) is 0 Å². The third-order valence-corrected chi connectivity index (χ3v) is 4.40. The van der Waals surface area contributed by atoms with Gasteiger partial charge in [0.1, 0.15) is 5.82 Å². The van der Waals surface area contributed by atoms with Crippen LogP contribution in [0.25, 0.3) is 0 Å². The van der Waals surface area contributed by atoms with Crippen molar-refractivity contribution in [1.82, 2.24) is 0 Å². The third kappa shape index (κ3) is 5.12. The maximum Gasteiger partial charge on any atom is 0.338 e. The number of rotatable bonds is 5. The summed E-state index contributed by atoms with van der Waals surface area (Å²) < 4.78 is 41.2. The number of nitrogens with one attached hydrogen (secondary N) is 1. The molecule has 2 aromatic rings. The highest BCUT2D eigenvalue weighted by molar-refractivity contribution is 7.90. The predicted octanol–water partition coefficient (Wildman–Crippen LogP) is 2.33. The fraction of sp³-hybridized carbons (Fsp3) is 0.176. The fourth-order valence-corrected chi connectivity index (χ4v) is 2.60. The van der Waals surface area contributed by atoms with Crippen LogP contribution in [0.2, 0.25) is 0 Å². The molecule has 0 aromatic heterocycles. The van der Waals surface area contributed by atoms with E-state index in [0.29, 0.717) is 5.56 Å². The minimum atomic E-state index is -3.46. The first kappa shape index (κ1) is 18.6. The molecule has 0 radical (unpaired) electrons. The van der Waals surface area contributed by atoms with E-state index in [1.54, 1.807) is 6.92 Å². The molecule has 6 nitrogen and oxygen atoms in total. The molecule has 0 aliphatic carbocycles. The predicted molar refractivity (Wildman–Crippen MR) is 89.6 cm³/mol. The molecule has 132 valence electrons. The van der Waals surface area contributed by atoms with E-state index in [4.69, 9.17) is 4.74 Å². The smallest absolute Gasteiger partial charge is 0.338 e. The third-order valence-electron chi connectivity index (χ3n) is 3.29. The Bertz CT molecular complexity index is 924. The Morgan fingerprint density at radius 2 is 1.88 bits per heavy atom. The van der Waals surface area contributed by atoms with Gasteiger partial charge in [-0.1, -0.05) is 12.1 Å². The summed E-state index contributed by atoms with van der Waals surface area (Å²) in [5.41, 5.74) is 0.690. The molecule has 0 aliphatic heterocycles. The molecule has 8 heteroatoms. The zero-order valence-electron chi connectivity index (χ0n) is 13.6. The Hall–Kier alpha value is -2.74. The molecule has 0 spiro atoms. The number of esters is 1. The van der Waals surface area contributed by atoms with Crippen molar-refractivity contribution in [1.29, 1.82) is 0 Å². The molecule has 1 N–H and O–H groups in total. The Kier molecular flexibility index (Phi) is 5.53. The van der Waals surface area contributed by atoms with Gasteiger partial charge in [0.15, 0.2) is 16.4 Å². The van der Waals surface area contributed by atoms with Gasteiger partial charge in [0.05, 0.1) is 10.5 Å². The van der Waals surface area contributed by atoms with Crippen LogP contribution >= 0.6 is 0 Å². The highest BCUT2D eigenvalue weighted by atomic mass is 32.2. The standard InChI is InChI=1S/C17H16FNO5S/c1-11-6-7-13(9-15(11)18)19-16(20)10-24-17(21)12-4-3-5-14(8-12)25(2,22)23/h3-9H,10H2,1-2H3,(H,19,20). The van der Waals surface area contributed by atoms with Gasteiger partial charge in [-0.2, -0.15) is 0 Å². The number of carbonyl (C=O) groups is 2. The molecule has 0 fully saturated rings. The van der Waals surface area contributed by atoms with E-state index in [2.05, 4.69) is 5.32 Å². The van der Waals surface area contributed by atoms with Gasteiger partial charge in [0, 0.05) is 11.9 Å². The highest BCUT2D eigenvalue weighted by Gasteiger charge is 2.14. The second-order valence-corrected chi connectivity index (χ2v) is 7.40. The number of anilines is 1. The number of hydrogen-bond acceptors (Lipinski definition) is 5. The summed E-state index contributed by atoms with van der Waals surface area (Å²) in [6.07, 6.45) is 1.02. The van der Waals surface area contributed by atoms with Crippen molar-refractivity contribution in [2.45, 2.75) is 11.8 Å². The summed E-state index contributed by atoms with van der Waals surface area (Å²) in [4.78, 5) is 23.7. The van der Waals surface area contributed by atoms with Crippen LogP contribution in [0.1, 0.15) is 15.9 Å². The van der Waals surface area contributed by atoms with Crippen molar-refractivity contribution in [2.24, 2.45) is 0 Å². The minimum absolute atomic E-state index is 0.0112. The van der Waals surface area contributed by atoms with E-state index >= 15 is 0 Å². The number of hydrogen-bond donors (Lipinski definition) is 1. The molecular weight excluding hydrogens is 349 g/mol. The summed E-state index contributed by atoms with van der Waals surface area (Å²) in [6, 6.07) is 9.49. The van der Waals surface area contributed by atoms with Crippen LogP contribution in [0.4, 0.5) is 10.1 Å². The average Bonchev–Trinajstić information content (AvgIpc) is 2.55. The molecule has 0 saturated carbocycles. The molecule has 0 saturated heterocycles. The highest BCUT2D eigenvalue weighted by Crippen LogP contribution is 2.14. The first-order chi connectivity index (χ1) is 11.7. The molecule has 0 heterocycles. The SMILES string of the molecule is Cc1ccc(NC(=O)COC(=O)c2cccc(S(C)(=O)=O)c2)cc1F. The molecule has 2 rings (SSSR count). The second kappa shape index (κ2) is 7.43. The number of aryl methyl sites for hydroxylation is 1. The average molecular weight is 365 g/mol. The van der Waals surface area contributed by atoms with Crippen LogP contribution in [0.5, 0.6) is 0 Å². The van der Waals surface area contributed by atoms with Crippen LogP contribution in [-0.4, -0.2) is 33.2 Å². The van der Waals surface area contributed by atoms with Gasteiger partial charge in [-0.15, -0.1) is 0 Å². The maximum absolute atomic E-state index is 13.4. The van der Waals surface area contributed by atoms with E-state index < -0.39 is 34.1 Å². The molecule has 0 unspecified atom stereocenters. The lowest BCUT2D eigenvalue weighted by Gasteiger charge is -2.08. The summed E-state index contributed by atoms with van der Waals surface area (Å²) in [7, 11) is -3.46. The van der Waals surface area contributed by atoms with Gasteiger partial charge in [0.2, 0.25) is 0 Å². The van der Waals surface area contributed by atoms with E-state index in [0.717, 1.165) is 12.3 Å². The number of amides is 1. The largest absolute Gasteiger partial charge is 0.452 e. The van der Waals surface area contributed by atoms with Crippen LogP contribution < -0.4 is 5.32 Å². The van der Waals surface area contributed by atoms with E-state index in [-0.39, 0.29) is 16.1 Å². The molecule has 0 bridgehead atoms. The first-order valence-electron chi connectivity index (χ1n) is 7.20. The number of halogens is 1. The van der Waals surface area contributed by atoms with Gasteiger partial charge < -0.3 is 10.1 Å². The Balaban J connectivity index is 1.97. The van der Waals surface area contributed by atoms with Crippen molar-refractivity contribution >= 4 is 27.4 Å². The lowest BCUT2D eigenvalue weighted by Crippen LogP contribution is -2.21. The van der Waals surface area contributed by atoms with Gasteiger partial charge >= 0.3 is 5.97 Å². The zero-order valence-corrected chi connectivity index (χ0v) is 14.4. The summed E-state index contributed by atoms with van der Waals surface area (Å²) >= 11 is 0. The Labute approximate surface area is 144 Å². The van der Waals surface area contributed by atoms with Crippen molar-refractivity contribution in [3.8, 4) is 0 Å². The molecule has 1 amide bonds. The fourth-order valence-electron chi connectivity index (χ4n) is 1.94. The van der Waals surface area contributed by atoms with Crippen LogP contribution in [-0.2, 0) is 19.4 Å². The summed E-state index contributed by atoms with van der Waals surface area (Å²) in [5.74, 6) is -1.95. The van der Waals surface area contributed by atoms with Crippen molar-refractivity contribution in [2.75, 3.05) is 18.2 Å². The van der Waals surface area contributed by atoms with Crippen molar-refractivity contribution in [3.05, 3.63) is 59.4 Å². The molecule has 0 atom stereocenters. The lowest BCUT2D eigenvalue weighted by molar-refractivity contribution is -0.119. The van der Waals surface area contributed by atoms with Crippen LogP contribution in [0.15, 0.2) is 47.4 Å². The second-order valence-electron chi connectivity index (χ2n) is 5.39. The number of carbonyl (C=O) groups excluding carboxylic acids is 2. The Morgan fingerprint density at radius 1 is 1.16 bits per heavy atom. The molecule has 2 aromatic carbocycles. The summed E-state index contributed by atoms with van der Waals surface area (Å²) in [6.45, 7) is 1.00. The van der Waals surface area contributed by atoms with Crippen molar-refractivity contribution < 1.29 is 27.1 Å².